The molecule has 134 valence electrons. The molecule has 1 amide bonds. The quantitative estimate of drug-likeness (QED) is 0.736. The molecule has 26 heavy (non-hydrogen) atoms. The van der Waals surface area contributed by atoms with Crippen molar-refractivity contribution in [3.05, 3.63) is 89.3 Å². The maximum atomic E-state index is 13.3. The summed E-state index contributed by atoms with van der Waals surface area (Å²) in [6.45, 7) is 2.04. The summed E-state index contributed by atoms with van der Waals surface area (Å²) in [6, 6.07) is 13.9. The molecule has 3 rings (SSSR count). The number of aromatic nitrogens is 2. The minimum Gasteiger partial charge on any atom is -0.342 e. The van der Waals surface area contributed by atoms with Gasteiger partial charge in [-0.05, 0) is 36.6 Å². The van der Waals surface area contributed by atoms with Gasteiger partial charge in [0.2, 0.25) is 5.91 Å². The van der Waals surface area contributed by atoms with Crippen LogP contribution in [0.25, 0.3) is 0 Å². The van der Waals surface area contributed by atoms with E-state index in [9.17, 15) is 9.18 Å². The van der Waals surface area contributed by atoms with Gasteiger partial charge in [0.15, 0.2) is 0 Å². The van der Waals surface area contributed by atoms with Gasteiger partial charge in [0.25, 0.3) is 0 Å². The van der Waals surface area contributed by atoms with Gasteiger partial charge in [-0.2, -0.15) is 0 Å². The molecular formula is C21H22FN3O. The van der Waals surface area contributed by atoms with Gasteiger partial charge < -0.3 is 9.88 Å². The fourth-order valence-corrected chi connectivity index (χ4v) is 2.85. The zero-order valence-corrected chi connectivity index (χ0v) is 14.9. The van der Waals surface area contributed by atoms with Gasteiger partial charge in [-0.25, -0.2) is 9.37 Å². The van der Waals surface area contributed by atoms with E-state index in [1.165, 1.54) is 17.7 Å². The lowest BCUT2D eigenvalue weighted by molar-refractivity contribution is -0.121. The second kappa shape index (κ2) is 7.95. The average molecular weight is 351 g/mol. The van der Waals surface area contributed by atoms with Crippen molar-refractivity contribution in [3.8, 4) is 0 Å². The summed E-state index contributed by atoms with van der Waals surface area (Å²) in [5.41, 5.74) is 3.12. The third kappa shape index (κ3) is 4.36. The van der Waals surface area contributed by atoms with Crippen LogP contribution >= 0.6 is 0 Å². The van der Waals surface area contributed by atoms with Crippen LogP contribution in [-0.2, 0) is 18.3 Å². The molecule has 0 aliphatic carbocycles. The number of aryl methyl sites for hydroxylation is 3. The number of benzene rings is 2. The number of nitrogens with one attached hydrogen (secondary N) is 1. The lowest BCUT2D eigenvalue weighted by atomic mass is 10.0. The summed E-state index contributed by atoms with van der Waals surface area (Å²) in [5, 5.41) is 3.03. The maximum Gasteiger partial charge on any atom is 0.221 e. The molecule has 2 aromatic carbocycles. The van der Waals surface area contributed by atoms with E-state index >= 15 is 0 Å². The minimum atomic E-state index is -0.416. The molecule has 0 aliphatic rings. The number of nitrogens with zero attached hydrogens (tertiary/aromatic N) is 2. The molecule has 1 heterocycles. The standard InChI is InChI=1S/C21H22FN3O/c1-15-3-5-16(6-4-15)7-12-19(26)24-20(21-23-13-14-25(21)2)17-8-10-18(22)11-9-17/h3-6,8-11,13-14,20H,7,12H2,1-2H3,(H,24,26). The van der Waals surface area contributed by atoms with Crippen LogP contribution < -0.4 is 5.32 Å². The Morgan fingerprint density at radius 1 is 1.15 bits per heavy atom. The minimum absolute atomic E-state index is 0.0668. The number of hydrogen-bond acceptors (Lipinski definition) is 2. The third-order valence-electron chi connectivity index (χ3n) is 4.39. The van der Waals surface area contributed by atoms with Gasteiger partial charge in [-0.15, -0.1) is 0 Å². The Hall–Kier alpha value is -2.95. The van der Waals surface area contributed by atoms with Gasteiger partial charge in [0.05, 0.1) is 0 Å². The van der Waals surface area contributed by atoms with Crippen molar-refractivity contribution in [2.45, 2.75) is 25.8 Å². The SMILES string of the molecule is Cc1ccc(CCC(=O)NC(c2ccc(F)cc2)c2nccn2C)cc1. The summed E-state index contributed by atoms with van der Waals surface area (Å²) < 4.78 is 15.1. The highest BCUT2D eigenvalue weighted by molar-refractivity contribution is 5.77. The highest BCUT2D eigenvalue weighted by atomic mass is 19.1. The molecule has 0 saturated carbocycles. The molecule has 1 unspecified atom stereocenters. The second-order valence-electron chi connectivity index (χ2n) is 6.43. The molecule has 1 aromatic heterocycles. The van der Waals surface area contributed by atoms with Crippen LogP contribution in [0.2, 0.25) is 0 Å². The fraction of sp³-hybridized carbons (Fsp3) is 0.238. The molecule has 1 atom stereocenters. The van der Waals surface area contributed by atoms with Gasteiger partial charge in [-0.3, -0.25) is 4.79 Å². The van der Waals surface area contributed by atoms with Crippen molar-refractivity contribution < 1.29 is 9.18 Å². The number of carbonyl (C=O) groups is 1. The molecule has 0 aliphatic heterocycles. The zero-order valence-electron chi connectivity index (χ0n) is 14.9. The maximum absolute atomic E-state index is 13.3. The van der Waals surface area contributed by atoms with E-state index in [4.69, 9.17) is 0 Å². The molecule has 3 aromatic rings. The van der Waals surface area contributed by atoms with Gasteiger partial charge in [0.1, 0.15) is 17.7 Å². The number of imidazole rings is 1. The van der Waals surface area contributed by atoms with Crippen molar-refractivity contribution in [3.63, 3.8) is 0 Å². The normalized spacial score (nSPS) is 12.0. The molecular weight excluding hydrogens is 329 g/mol. The van der Waals surface area contributed by atoms with Crippen molar-refractivity contribution in [1.82, 2.24) is 14.9 Å². The highest BCUT2D eigenvalue weighted by Gasteiger charge is 2.20. The predicted molar refractivity (Wildman–Crippen MR) is 99.1 cm³/mol. The first kappa shape index (κ1) is 17.9. The second-order valence-corrected chi connectivity index (χ2v) is 6.43. The first-order chi connectivity index (χ1) is 12.5. The molecule has 0 fully saturated rings. The van der Waals surface area contributed by atoms with E-state index in [1.807, 2.05) is 49.0 Å². The van der Waals surface area contributed by atoms with Crippen molar-refractivity contribution in [2.75, 3.05) is 0 Å². The number of hydrogen-bond donors (Lipinski definition) is 1. The number of halogens is 1. The Balaban J connectivity index is 1.73. The molecule has 1 N–H and O–H groups in total. The Labute approximate surface area is 152 Å². The van der Waals surface area contributed by atoms with E-state index in [2.05, 4.69) is 10.3 Å². The molecule has 0 spiro atoms. The number of rotatable bonds is 6. The van der Waals surface area contributed by atoms with Crippen LogP contribution in [0.3, 0.4) is 0 Å². The number of carbonyl (C=O) groups excluding carboxylic acids is 1. The molecule has 0 bridgehead atoms. The van der Waals surface area contributed by atoms with Crippen molar-refractivity contribution in [2.24, 2.45) is 7.05 Å². The molecule has 0 radical (unpaired) electrons. The summed E-state index contributed by atoms with van der Waals surface area (Å²) >= 11 is 0. The van der Waals surface area contributed by atoms with Crippen LogP contribution in [0.15, 0.2) is 60.9 Å². The first-order valence-electron chi connectivity index (χ1n) is 8.60. The van der Waals surface area contributed by atoms with E-state index in [0.717, 1.165) is 11.1 Å². The zero-order chi connectivity index (χ0) is 18.5. The monoisotopic (exact) mass is 351 g/mol. The average Bonchev–Trinajstić information content (AvgIpc) is 3.06. The topological polar surface area (TPSA) is 46.9 Å². The summed E-state index contributed by atoms with van der Waals surface area (Å²) in [6.07, 6.45) is 4.56. The Morgan fingerprint density at radius 3 is 2.46 bits per heavy atom. The summed E-state index contributed by atoms with van der Waals surface area (Å²) in [4.78, 5) is 16.9. The smallest absolute Gasteiger partial charge is 0.221 e. The van der Waals surface area contributed by atoms with E-state index in [0.29, 0.717) is 18.7 Å². The van der Waals surface area contributed by atoms with Crippen LogP contribution in [0.4, 0.5) is 4.39 Å². The van der Waals surface area contributed by atoms with E-state index < -0.39 is 6.04 Å². The lowest BCUT2D eigenvalue weighted by Gasteiger charge is -2.19. The predicted octanol–water partition coefficient (Wildman–Crippen LogP) is 3.71. The first-order valence-corrected chi connectivity index (χ1v) is 8.60. The molecule has 0 saturated heterocycles. The van der Waals surface area contributed by atoms with Gasteiger partial charge >= 0.3 is 0 Å². The van der Waals surface area contributed by atoms with Crippen molar-refractivity contribution in [1.29, 1.82) is 0 Å². The molecule has 5 heteroatoms. The number of amides is 1. The third-order valence-corrected chi connectivity index (χ3v) is 4.39. The summed E-state index contributed by atoms with van der Waals surface area (Å²) in [5.74, 6) is 0.334. The fourth-order valence-electron chi connectivity index (χ4n) is 2.85. The highest BCUT2D eigenvalue weighted by Crippen LogP contribution is 2.21. The van der Waals surface area contributed by atoms with Crippen LogP contribution in [0, 0.1) is 12.7 Å². The van der Waals surface area contributed by atoms with Crippen molar-refractivity contribution >= 4 is 5.91 Å². The van der Waals surface area contributed by atoms with Crippen LogP contribution in [-0.4, -0.2) is 15.5 Å². The summed E-state index contributed by atoms with van der Waals surface area (Å²) in [7, 11) is 1.87. The Bertz CT molecular complexity index is 869. The Morgan fingerprint density at radius 2 is 1.85 bits per heavy atom. The van der Waals surface area contributed by atoms with Gasteiger partial charge in [-0.1, -0.05) is 42.0 Å². The molecule has 4 nitrogen and oxygen atoms in total. The Kier molecular flexibility index (Phi) is 5.46. The van der Waals surface area contributed by atoms with E-state index in [-0.39, 0.29) is 11.7 Å². The van der Waals surface area contributed by atoms with Crippen LogP contribution in [0.5, 0.6) is 0 Å². The van der Waals surface area contributed by atoms with Gasteiger partial charge in [0, 0.05) is 25.9 Å². The van der Waals surface area contributed by atoms with E-state index in [1.54, 1.807) is 18.3 Å². The lowest BCUT2D eigenvalue weighted by Crippen LogP contribution is -2.31. The largest absolute Gasteiger partial charge is 0.342 e. The van der Waals surface area contributed by atoms with Crippen LogP contribution in [0.1, 0.15) is 35.0 Å².